The number of halogens is 18. The maximum atomic E-state index is 14.4. The molecule has 258 valence electrons. The lowest BCUT2D eigenvalue weighted by Crippen LogP contribution is -2.74. The summed E-state index contributed by atoms with van der Waals surface area (Å²) in [6.07, 6.45) is -8.49. The van der Waals surface area contributed by atoms with Gasteiger partial charge in [0.05, 0.1) is 7.11 Å². The monoisotopic (exact) mass is 729 g/mol. The summed E-state index contributed by atoms with van der Waals surface area (Å²) >= 11 is 5.52. The molecule has 1 aliphatic heterocycles. The standard InChI is InChI=1S/C23H17ClF17NO2S/c1-44-11-4-5-12-13(10-11)42-14(43)15(12,6-2-3-8-24)45-9-7-16(25,26)17(27,28)18(29,30)19(31,32)20(33,34)21(35,36)22(37,38)23(39,40)41/h2-5,10H,6-9H2,1H3,(H,42,43)/b3-2-. The number of hydrogen-bond acceptors (Lipinski definition) is 3. The Balaban J connectivity index is 2.46. The molecular weight excluding hydrogens is 713 g/mol. The van der Waals surface area contributed by atoms with E-state index in [0.717, 1.165) is 0 Å². The van der Waals surface area contributed by atoms with Crippen LogP contribution in [0.3, 0.4) is 0 Å². The largest absolute Gasteiger partial charge is 0.497 e. The van der Waals surface area contributed by atoms with E-state index >= 15 is 0 Å². The van der Waals surface area contributed by atoms with Crippen LogP contribution in [-0.4, -0.2) is 72.3 Å². The Morgan fingerprint density at radius 2 is 1.27 bits per heavy atom. The zero-order valence-corrected chi connectivity index (χ0v) is 23.3. The van der Waals surface area contributed by atoms with Gasteiger partial charge in [0.15, 0.2) is 0 Å². The quantitative estimate of drug-likeness (QED) is 0.118. The van der Waals surface area contributed by atoms with Gasteiger partial charge >= 0.3 is 47.6 Å². The normalized spacial score (nSPS) is 19.2. The van der Waals surface area contributed by atoms with Crippen molar-refractivity contribution in [2.75, 3.05) is 24.1 Å². The topological polar surface area (TPSA) is 38.3 Å². The molecule has 45 heavy (non-hydrogen) atoms. The third-order valence-corrected chi connectivity index (χ3v) is 8.14. The Bertz CT molecular complexity index is 1280. The highest BCUT2D eigenvalue weighted by Gasteiger charge is 2.95. The lowest BCUT2D eigenvalue weighted by atomic mass is 9.88. The van der Waals surface area contributed by atoms with Crippen LogP contribution in [0.15, 0.2) is 30.4 Å². The van der Waals surface area contributed by atoms with E-state index in [1.54, 1.807) is 0 Å². The fourth-order valence-corrected chi connectivity index (χ4v) is 5.44. The number of allylic oxidation sites excluding steroid dienone is 2. The summed E-state index contributed by atoms with van der Waals surface area (Å²) in [6, 6.07) is 3.68. The highest BCUT2D eigenvalue weighted by atomic mass is 35.5. The number of nitrogens with one attached hydrogen (secondary N) is 1. The Labute approximate surface area is 250 Å². The van der Waals surface area contributed by atoms with Gasteiger partial charge in [-0.05, 0) is 12.5 Å². The molecule has 0 saturated heterocycles. The van der Waals surface area contributed by atoms with Crippen molar-refractivity contribution >= 4 is 35.0 Å². The Morgan fingerprint density at radius 3 is 1.73 bits per heavy atom. The van der Waals surface area contributed by atoms with Crippen molar-refractivity contribution in [2.45, 2.75) is 65.2 Å². The average Bonchev–Trinajstić information content (AvgIpc) is 3.17. The fourth-order valence-electron chi connectivity index (χ4n) is 3.88. The predicted molar refractivity (Wildman–Crippen MR) is 126 cm³/mol. The summed E-state index contributed by atoms with van der Waals surface area (Å²) in [4.78, 5) is 12.9. The van der Waals surface area contributed by atoms with E-state index in [1.165, 1.54) is 37.5 Å². The molecule has 0 aliphatic carbocycles. The molecule has 1 aromatic rings. The van der Waals surface area contributed by atoms with Crippen molar-refractivity contribution in [1.29, 1.82) is 0 Å². The van der Waals surface area contributed by atoms with Crippen LogP contribution in [-0.2, 0) is 9.54 Å². The zero-order chi connectivity index (χ0) is 35.3. The molecule has 1 aliphatic rings. The molecule has 0 radical (unpaired) electrons. The molecule has 1 aromatic carbocycles. The molecule has 1 heterocycles. The van der Waals surface area contributed by atoms with Gasteiger partial charge in [-0.2, -0.15) is 74.6 Å². The summed E-state index contributed by atoms with van der Waals surface area (Å²) in [6.45, 7) is 0. The number of carbonyl (C=O) groups excluding carboxylic acids is 1. The van der Waals surface area contributed by atoms with E-state index in [9.17, 15) is 79.4 Å². The molecular formula is C23H17ClF17NO2S. The third-order valence-electron chi connectivity index (χ3n) is 6.49. The van der Waals surface area contributed by atoms with E-state index in [4.69, 9.17) is 16.3 Å². The van der Waals surface area contributed by atoms with Crippen molar-refractivity contribution in [3.05, 3.63) is 35.9 Å². The molecule has 0 bridgehead atoms. The maximum absolute atomic E-state index is 14.4. The van der Waals surface area contributed by atoms with Crippen molar-refractivity contribution in [2.24, 2.45) is 0 Å². The molecule has 1 atom stereocenters. The van der Waals surface area contributed by atoms with Crippen LogP contribution in [0, 0.1) is 0 Å². The van der Waals surface area contributed by atoms with Gasteiger partial charge in [-0.3, -0.25) is 4.79 Å². The second-order valence-corrected chi connectivity index (χ2v) is 11.0. The molecule has 3 nitrogen and oxygen atoms in total. The summed E-state index contributed by atoms with van der Waals surface area (Å²) in [7, 11) is 1.21. The molecule has 22 heteroatoms. The first-order chi connectivity index (χ1) is 20.1. The van der Waals surface area contributed by atoms with Crippen LogP contribution in [0.2, 0.25) is 0 Å². The second kappa shape index (κ2) is 12.0. The number of ether oxygens (including phenoxy) is 1. The first kappa shape index (κ1) is 38.9. The number of alkyl halides is 18. The van der Waals surface area contributed by atoms with Crippen molar-refractivity contribution < 1.29 is 84.2 Å². The molecule has 1 N–H and O–H groups in total. The number of thioether (sulfide) groups is 1. The van der Waals surface area contributed by atoms with Crippen molar-refractivity contribution in [3.8, 4) is 5.75 Å². The zero-order valence-electron chi connectivity index (χ0n) is 21.7. The third kappa shape index (κ3) is 5.88. The van der Waals surface area contributed by atoms with Gasteiger partial charge in [0.1, 0.15) is 10.5 Å². The Kier molecular flexibility index (Phi) is 10.4. The van der Waals surface area contributed by atoms with Gasteiger partial charge in [0.25, 0.3) is 0 Å². The van der Waals surface area contributed by atoms with Crippen LogP contribution in [0.4, 0.5) is 80.3 Å². The second-order valence-electron chi connectivity index (χ2n) is 9.27. The Hall–Kier alpha value is -2.32. The molecule has 0 aromatic heterocycles. The fraction of sp³-hybridized carbons (Fsp3) is 0.609. The number of amides is 1. The SMILES string of the molecule is COc1ccc2c(c1)NC(=O)C2(C/C=C\CCl)SCCC(F)(F)C(F)(F)C(F)(F)C(F)(F)C(F)(F)C(F)(F)C(F)(F)C(F)(F)F. The minimum atomic E-state index is -8.69. The minimum Gasteiger partial charge on any atom is -0.497 e. The summed E-state index contributed by atoms with van der Waals surface area (Å²) in [5.74, 6) is -59.4. The lowest BCUT2D eigenvalue weighted by molar-refractivity contribution is -0.461. The van der Waals surface area contributed by atoms with Crippen molar-refractivity contribution in [1.82, 2.24) is 0 Å². The van der Waals surface area contributed by atoms with E-state index in [1.807, 2.05) is 0 Å². The highest BCUT2D eigenvalue weighted by Crippen LogP contribution is 2.64. The van der Waals surface area contributed by atoms with Gasteiger partial charge in [-0.15, -0.1) is 23.4 Å². The van der Waals surface area contributed by atoms with Gasteiger partial charge in [-0.25, -0.2) is 0 Å². The number of anilines is 1. The van der Waals surface area contributed by atoms with Crippen LogP contribution in [0.25, 0.3) is 0 Å². The molecule has 1 unspecified atom stereocenters. The summed E-state index contributed by atoms with van der Waals surface area (Å²) < 4.78 is 233. The molecule has 1 amide bonds. The van der Waals surface area contributed by atoms with Crippen LogP contribution < -0.4 is 10.1 Å². The smallest absolute Gasteiger partial charge is 0.460 e. The van der Waals surface area contributed by atoms with Crippen LogP contribution in [0.1, 0.15) is 18.4 Å². The van der Waals surface area contributed by atoms with E-state index in [2.05, 4.69) is 5.32 Å². The number of methoxy groups -OCH3 is 1. The van der Waals surface area contributed by atoms with Gasteiger partial charge in [0, 0.05) is 35.4 Å². The first-order valence-corrected chi connectivity index (χ1v) is 13.2. The lowest BCUT2D eigenvalue weighted by Gasteiger charge is -2.42. The van der Waals surface area contributed by atoms with E-state index < -0.39 is 76.9 Å². The number of fused-ring (bicyclic) bond motifs is 1. The molecule has 0 spiro atoms. The molecule has 0 fully saturated rings. The molecule has 0 saturated carbocycles. The predicted octanol–water partition coefficient (Wildman–Crippen LogP) is 9.16. The van der Waals surface area contributed by atoms with Gasteiger partial charge < -0.3 is 10.1 Å². The van der Waals surface area contributed by atoms with Gasteiger partial charge in [0.2, 0.25) is 5.91 Å². The average molecular weight is 730 g/mol. The molecule has 2 rings (SSSR count). The Morgan fingerprint density at radius 1 is 0.778 bits per heavy atom. The summed E-state index contributed by atoms with van der Waals surface area (Å²) in [5.41, 5.74) is -0.0230. The van der Waals surface area contributed by atoms with E-state index in [-0.39, 0.29) is 34.6 Å². The number of rotatable bonds is 14. The minimum absolute atomic E-state index is 0.00629. The highest BCUT2D eigenvalue weighted by molar-refractivity contribution is 8.01. The van der Waals surface area contributed by atoms with E-state index in [0.29, 0.717) is 0 Å². The summed E-state index contributed by atoms with van der Waals surface area (Å²) in [5, 5.41) is 2.31. The van der Waals surface area contributed by atoms with Crippen LogP contribution >= 0.6 is 23.4 Å². The number of hydrogen-bond donors (Lipinski definition) is 1. The number of carbonyl (C=O) groups is 1. The van der Waals surface area contributed by atoms with Crippen molar-refractivity contribution in [3.63, 3.8) is 0 Å². The van der Waals surface area contributed by atoms with Crippen LogP contribution in [0.5, 0.6) is 5.75 Å². The van der Waals surface area contributed by atoms with Gasteiger partial charge in [-0.1, -0.05) is 18.2 Å². The number of benzene rings is 1. The maximum Gasteiger partial charge on any atom is 0.460 e. The first-order valence-electron chi connectivity index (χ1n) is 11.6.